The van der Waals surface area contributed by atoms with Crippen molar-refractivity contribution in [3.05, 3.63) is 70.1 Å². The highest BCUT2D eigenvalue weighted by Gasteiger charge is 2.36. The molecule has 0 bridgehead atoms. The van der Waals surface area contributed by atoms with Crippen LogP contribution in [-0.4, -0.2) is 32.6 Å². The number of carbonyl (C=O) groups excluding carboxylic acids is 1. The number of aromatic amines is 1. The molecule has 10 nitrogen and oxygen atoms in total. The van der Waals surface area contributed by atoms with Crippen molar-refractivity contribution in [2.24, 2.45) is 0 Å². The van der Waals surface area contributed by atoms with Crippen LogP contribution in [0.3, 0.4) is 0 Å². The van der Waals surface area contributed by atoms with E-state index in [1.54, 1.807) is 18.2 Å². The Hall–Kier alpha value is -3.92. The van der Waals surface area contributed by atoms with Crippen LogP contribution in [0, 0.1) is 11.3 Å². The third kappa shape index (κ3) is 3.70. The number of nitriles is 1. The number of benzene rings is 1. The maximum atomic E-state index is 13.5. The molecule has 0 atom stereocenters. The number of nitrogens with one attached hydrogen (secondary N) is 1. The summed E-state index contributed by atoms with van der Waals surface area (Å²) >= 11 is 8.07. The number of aromatic nitrogens is 2. The molecule has 1 aliphatic carbocycles. The Morgan fingerprint density at radius 3 is 2.71 bits per heavy atom. The van der Waals surface area contributed by atoms with Gasteiger partial charge in [0.05, 0.1) is 38.4 Å². The monoisotopic (exact) mass is 527 g/mol. The summed E-state index contributed by atoms with van der Waals surface area (Å²) < 4.78 is 0.727. The Morgan fingerprint density at radius 1 is 1.31 bits per heavy atom. The molecule has 0 unspecified atom stereocenters. The number of thiophene rings is 2. The van der Waals surface area contributed by atoms with Crippen LogP contribution in [0.25, 0.3) is 16.6 Å². The van der Waals surface area contributed by atoms with Crippen LogP contribution < -0.4 is 21.9 Å². The highest BCUT2D eigenvalue weighted by molar-refractivity contribution is 7.18. The molecule has 0 spiro atoms. The number of hydrogen-bond acceptors (Lipinski definition) is 8. The van der Waals surface area contributed by atoms with Crippen molar-refractivity contribution >= 4 is 68.4 Å². The van der Waals surface area contributed by atoms with Gasteiger partial charge in [-0.05, 0) is 31.0 Å². The maximum absolute atomic E-state index is 13.5. The van der Waals surface area contributed by atoms with E-state index in [4.69, 9.17) is 17.3 Å². The first kappa shape index (κ1) is 22.9. The van der Waals surface area contributed by atoms with Gasteiger partial charge in [0.25, 0.3) is 11.5 Å². The largest absolute Gasteiger partial charge is 0.477 e. The number of anilines is 2. The number of hydrogen-bond donors (Lipinski definition) is 3. The topological polar surface area (TPSA) is 162 Å². The molecule has 1 amide bonds. The minimum absolute atomic E-state index is 0.00176. The van der Waals surface area contributed by atoms with Gasteiger partial charge in [0.15, 0.2) is 0 Å². The molecule has 5 rings (SSSR count). The van der Waals surface area contributed by atoms with Crippen LogP contribution in [0.15, 0.2) is 39.2 Å². The molecule has 4 N–H and O–H groups in total. The number of halogens is 1. The summed E-state index contributed by atoms with van der Waals surface area (Å²) in [6.07, 6.45) is 1.50. The average molecular weight is 528 g/mol. The summed E-state index contributed by atoms with van der Waals surface area (Å²) in [4.78, 5) is 54.9. The number of nitrogens with zero attached hydrogens (tertiary/aromatic N) is 3. The first-order valence-corrected chi connectivity index (χ1v) is 12.2. The summed E-state index contributed by atoms with van der Waals surface area (Å²) in [7, 11) is 0. The van der Waals surface area contributed by atoms with Gasteiger partial charge in [0, 0.05) is 11.4 Å². The lowest BCUT2D eigenvalue weighted by atomic mass is 10.1. The number of H-pyrrole nitrogens is 1. The van der Waals surface area contributed by atoms with Crippen molar-refractivity contribution in [2.75, 3.05) is 10.6 Å². The Balaban J connectivity index is 1.63. The fourth-order valence-corrected chi connectivity index (χ4v) is 5.84. The second-order valence-corrected chi connectivity index (χ2v) is 10.3. The van der Waals surface area contributed by atoms with Gasteiger partial charge in [-0.3, -0.25) is 9.59 Å². The molecule has 1 saturated carbocycles. The third-order valence-corrected chi connectivity index (χ3v) is 7.86. The fourth-order valence-electron chi connectivity index (χ4n) is 3.81. The zero-order valence-corrected chi connectivity index (χ0v) is 20.0. The van der Waals surface area contributed by atoms with Crippen LogP contribution in [0.2, 0.25) is 4.34 Å². The van der Waals surface area contributed by atoms with Gasteiger partial charge in [-0.15, -0.1) is 22.7 Å². The molecule has 1 aromatic carbocycles. The van der Waals surface area contributed by atoms with Crippen LogP contribution in [-0.2, 0) is 0 Å². The van der Waals surface area contributed by atoms with Crippen LogP contribution in [0.5, 0.6) is 0 Å². The predicted molar refractivity (Wildman–Crippen MR) is 133 cm³/mol. The lowest BCUT2D eigenvalue weighted by Gasteiger charge is -2.23. The molecule has 1 aliphatic rings. The highest BCUT2D eigenvalue weighted by Crippen LogP contribution is 2.39. The first-order chi connectivity index (χ1) is 16.7. The molecule has 13 heteroatoms. The molecular formula is C22H14ClN5O5S2. The first-order valence-electron chi connectivity index (χ1n) is 10.1. The molecule has 0 radical (unpaired) electrons. The van der Waals surface area contributed by atoms with Crippen molar-refractivity contribution in [3.8, 4) is 11.8 Å². The quantitative estimate of drug-likeness (QED) is 0.335. The number of nitrogen functional groups attached to an aromatic ring is 1. The van der Waals surface area contributed by atoms with E-state index < -0.39 is 23.1 Å². The molecule has 176 valence electrons. The third-order valence-electron chi connectivity index (χ3n) is 5.56. The summed E-state index contributed by atoms with van der Waals surface area (Å²) in [5.74, 6) is -1.75. The second-order valence-electron chi connectivity index (χ2n) is 7.76. The summed E-state index contributed by atoms with van der Waals surface area (Å²) in [6, 6.07) is 8.05. The van der Waals surface area contributed by atoms with Gasteiger partial charge in [-0.25, -0.2) is 14.2 Å². The maximum Gasteiger partial charge on any atom is 0.346 e. The Labute approximate surface area is 209 Å². The predicted octanol–water partition coefficient (Wildman–Crippen LogP) is 3.42. The number of aromatic carboxylic acids is 1. The van der Waals surface area contributed by atoms with Gasteiger partial charge in [0.2, 0.25) is 0 Å². The van der Waals surface area contributed by atoms with Crippen LogP contribution in [0.4, 0.5) is 11.4 Å². The highest BCUT2D eigenvalue weighted by atomic mass is 35.5. The number of nitrogens with two attached hydrogens (primary N) is 1. The molecule has 3 aromatic heterocycles. The van der Waals surface area contributed by atoms with E-state index in [1.807, 2.05) is 6.07 Å². The average Bonchev–Trinajstić information content (AvgIpc) is 3.44. The van der Waals surface area contributed by atoms with Crippen molar-refractivity contribution in [1.29, 1.82) is 5.26 Å². The van der Waals surface area contributed by atoms with E-state index >= 15 is 0 Å². The molecule has 0 aliphatic heterocycles. The second kappa shape index (κ2) is 8.38. The number of carbonyl (C=O) groups is 2. The molecule has 4 aromatic rings. The molecule has 35 heavy (non-hydrogen) atoms. The van der Waals surface area contributed by atoms with Crippen molar-refractivity contribution in [3.63, 3.8) is 0 Å². The van der Waals surface area contributed by atoms with E-state index in [0.29, 0.717) is 5.69 Å². The summed E-state index contributed by atoms with van der Waals surface area (Å²) in [5, 5.41) is 20.0. The number of carboxylic acid groups (broad SMARTS) is 1. The lowest BCUT2D eigenvalue weighted by molar-refractivity contribution is 0.0703. The van der Waals surface area contributed by atoms with E-state index in [9.17, 15) is 29.5 Å². The standard InChI is InChI=1S/C22H14ClN5O5S2/c23-18-13(28-20(30)15-11(26-22(28)33)8-34-17(15)21(31)32)6-14(35-18)19(29)27(10-4-5-10)12-3-1-2-9(7-24)16(12)25/h1-3,6,8,10H,4-5,25H2,(H,26,33)(H,31,32). The summed E-state index contributed by atoms with van der Waals surface area (Å²) in [6.45, 7) is 0. The van der Waals surface area contributed by atoms with E-state index in [0.717, 1.165) is 40.1 Å². The number of para-hydroxylation sites is 1. The van der Waals surface area contributed by atoms with Crippen molar-refractivity contribution in [2.45, 2.75) is 18.9 Å². The smallest absolute Gasteiger partial charge is 0.346 e. The Morgan fingerprint density at radius 2 is 2.06 bits per heavy atom. The van der Waals surface area contributed by atoms with Crippen molar-refractivity contribution in [1.82, 2.24) is 9.55 Å². The molecule has 3 heterocycles. The van der Waals surface area contributed by atoms with E-state index in [-0.39, 0.29) is 48.0 Å². The van der Waals surface area contributed by atoms with Gasteiger partial charge in [-0.1, -0.05) is 17.7 Å². The minimum atomic E-state index is -1.30. The zero-order chi connectivity index (χ0) is 25.0. The normalized spacial score (nSPS) is 13.0. The van der Waals surface area contributed by atoms with Crippen LogP contribution >= 0.6 is 34.3 Å². The Bertz CT molecular complexity index is 1710. The zero-order valence-electron chi connectivity index (χ0n) is 17.6. The molecule has 0 saturated heterocycles. The van der Waals surface area contributed by atoms with Crippen molar-refractivity contribution < 1.29 is 14.7 Å². The molecule has 1 fully saturated rings. The van der Waals surface area contributed by atoms with Gasteiger partial charge in [-0.2, -0.15) is 5.26 Å². The van der Waals surface area contributed by atoms with E-state index in [1.165, 1.54) is 16.3 Å². The Kier molecular flexibility index (Phi) is 5.47. The number of carboxylic acids is 1. The fraction of sp³-hybridized carbons (Fsp3) is 0.136. The summed E-state index contributed by atoms with van der Waals surface area (Å²) in [5.41, 5.74) is 5.35. The van der Waals surface area contributed by atoms with E-state index in [2.05, 4.69) is 4.98 Å². The van der Waals surface area contributed by atoms with Gasteiger partial charge >= 0.3 is 11.7 Å². The number of rotatable bonds is 5. The number of amides is 1. The SMILES string of the molecule is N#Cc1cccc(N(C(=O)c2cc(-n3c(=O)[nH]c4csc(C(=O)O)c4c3=O)c(Cl)s2)C2CC2)c1N. The van der Waals surface area contributed by atoms with Gasteiger partial charge < -0.3 is 20.7 Å². The minimum Gasteiger partial charge on any atom is -0.477 e. The molecular weight excluding hydrogens is 514 g/mol. The number of fused-ring (bicyclic) bond motifs is 1. The van der Waals surface area contributed by atoms with Crippen LogP contribution in [0.1, 0.15) is 37.7 Å². The lowest BCUT2D eigenvalue weighted by Crippen LogP contribution is -2.34. The van der Waals surface area contributed by atoms with Gasteiger partial charge in [0.1, 0.15) is 15.3 Å².